The quantitative estimate of drug-likeness (QED) is 0.927. The Labute approximate surface area is 108 Å². The number of aromatic nitrogens is 1. The summed E-state index contributed by atoms with van der Waals surface area (Å²) in [5.74, 6) is -0.325. The Hall–Kier alpha value is -0.970. The van der Waals surface area contributed by atoms with Gasteiger partial charge in [0.15, 0.2) is 0 Å². The molecule has 1 aromatic heterocycles. The van der Waals surface area contributed by atoms with E-state index < -0.39 is 6.04 Å². The van der Waals surface area contributed by atoms with E-state index in [9.17, 15) is 4.39 Å². The lowest BCUT2D eigenvalue weighted by Gasteiger charge is -2.11. The first-order chi connectivity index (χ1) is 8.06. The number of thiazole rings is 1. The molecule has 1 unspecified atom stereocenters. The van der Waals surface area contributed by atoms with Crippen molar-refractivity contribution in [3.8, 4) is 0 Å². The summed E-state index contributed by atoms with van der Waals surface area (Å²) in [5.41, 5.74) is 7.29. The summed E-state index contributed by atoms with van der Waals surface area (Å²) in [6.07, 6.45) is 0.515. The minimum Gasteiger partial charge on any atom is -0.324 e. The Bertz CT molecular complexity index is 527. The van der Waals surface area contributed by atoms with Crippen LogP contribution in [0, 0.1) is 12.7 Å². The Balaban J connectivity index is 2.19. The fraction of sp³-hybridized carbons (Fsp3) is 0.250. The minimum absolute atomic E-state index is 0.325. The number of nitrogens with zero attached hydrogens (tertiary/aromatic N) is 1. The molecule has 0 aliphatic rings. The molecule has 1 heterocycles. The molecule has 0 amide bonds. The van der Waals surface area contributed by atoms with Crippen molar-refractivity contribution in [2.45, 2.75) is 19.4 Å². The largest absolute Gasteiger partial charge is 0.324 e. The van der Waals surface area contributed by atoms with Crippen LogP contribution < -0.4 is 5.73 Å². The first-order valence-electron chi connectivity index (χ1n) is 5.18. The molecule has 0 fully saturated rings. The van der Waals surface area contributed by atoms with Crippen LogP contribution in [-0.2, 0) is 6.42 Å². The Kier molecular flexibility index (Phi) is 3.76. The molecule has 1 atom stereocenters. The van der Waals surface area contributed by atoms with Crippen molar-refractivity contribution >= 4 is 22.9 Å². The third-order valence-electron chi connectivity index (χ3n) is 2.45. The zero-order chi connectivity index (χ0) is 12.4. The maximum absolute atomic E-state index is 13.6. The number of halogens is 2. The molecule has 0 radical (unpaired) electrons. The van der Waals surface area contributed by atoms with Gasteiger partial charge in [-0.3, -0.25) is 0 Å². The lowest BCUT2D eigenvalue weighted by atomic mass is 10.0. The van der Waals surface area contributed by atoms with Crippen molar-refractivity contribution in [3.63, 3.8) is 0 Å². The van der Waals surface area contributed by atoms with E-state index in [1.165, 1.54) is 12.1 Å². The van der Waals surface area contributed by atoms with Crippen LogP contribution in [0.3, 0.4) is 0 Å². The van der Waals surface area contributed by atoms with Gasteiger partial charge in [-0.1, -0.05) is 11.6 Å². The van der Waals surface area contributed by atoms with E-state index in [0.29, 0.717) is 17.0 Å². The van der Waals surface area contributed by atoms with Crippen LogP contribution in [0.2, 0.25) is 5.02 Å². The normalized spacial score (nSPS) is 12.7. The topological polar surface area (TPSA) is 38.9 Å². The van der Waals surface area contributed by atoms with E-state index >= 15 is 0 Å². The predicted molar refractivity (Wildman–Crippen MR) is 68.9 cm³/mol. The molecule has 2 N–H and O–H groups in total. The highest BCUT2D eigenvalue weighted by Gasteiger charge is 2.14. The van der Waals surface area contributed by atoms with Crippen molar-refractivity contribution in [2.24, 2.45) is 5.73 Å². The van der Waals surface area contributed by atoms with Gasteiger partial charge in [0.2, 0.25) is 0 Å². The number of aryl methyl sites for hydroxylation is 1. The summed E-state index contributed by atoms with van der Waals surface area (Å²) in [5, 5.41) is 3.42. The first-order valence-corrected chi connectivity index (χ1v) is 6.43. The SMILES string of the molecule is Cc1nc(CC(N)c2cc(Cl)ccc2F)cs1. The van der Waals surface area contributed by atoms with E-state index in [1.807, 2.05) is 12.3 Å². The monoisotopic (exact) mass is 270 g/mol. The second-order valence-electron chi connectivity index (χ2n) is 3.83. The molecule has 90 valence electrons. The molecule has 5 heteroatoms. The average Bonchev–Trinajstić information content (AvgIpc) is 2.67. The van der Waals surface area contributed by atoms with Crippen molar-refractivity contribution in [1.82, 2.24) is 4.98 Å². The number of rotatable bonds is 3. The molecule has 2 rings (SSSR count). The van der Waals surface area contributed by atoms with Crippen molar-refractivity contribution in [2.75, 3.05) is 0 Å². The second-order valence-corrected chi connectivity index (χ2v) is 5.33. The summed E-state index contributed by atoms with van der Waals surface area (Å²) in [4.78, 5) is 4.31. The van der Waals surface area contributed by atoms with Crippen LogP contribution in [0.4, 0.5) is 4.39 Å². The van der Waals surface area contributed by atoms with Crippen LogP contribution in [-0.4, -0.2) is 4.98 Å². The lowest BCUT2D eigenvalue weighted by molar-refractivity contribution is 0.578. The van der Waals surface area contributed by atoms with Gasteiger partial charge in [0.25, 0.3) is 0 Å². The van der Waals surface area contributed by atoms with Crippen LogP contribution in [0.5, 0.6) is 0 Å². The average molecular weight is 271 g/mol. The summed E-state index contributed by atoms with van der Waals surface area (Å²) in [6, 6.07) is 4.00. The van der Waals surface area contributed by atoms with Gasteiger partial charge in [0.05, 0.1) is 10.7 Å². The highest BCUT2D eigenvalue weighted by atomic mass is 35.5. The summed E-state index contributed by atoms with van der Waals surface area (Å²) >= 11 is 7.39. The van der Waals surface area contributed by atoms with E-state index in [0.717, 1.165) is 10.7 Å². The van der Waals surface area contributed by atoms with Crippen LogP contribution >= 0.6 is 22.9 Å². The number of hydrogen-bond donors (Lipinski definition) is 1. The highest BCUT2D eigenvalue weighted by molar-refractivity contribution is 7.09. The van der Waals surface area contributed by atoms with Gasteiger partial charge in [-0.2, -0.15) is 0 Å². The molecule has 0 aliphatic carbocycles. The van der Waals surface area contributed by atoms with Crippen LogP contribution in [0.25, 0.3) is 0 Å². The van der Waals surface area contributed by atoms with E-state index in [4.69, 9.17) is 17.3 Å². The Morgan fingerprint density at radius 2 is 2.29 bits per heavy atom. The fourth-order valence-electron chi connectivity index (χ4n) is 1.64. The molecule has 1 aromatic carbocycles. The summed E-state index contributed by atoms with van der Waals surface area (Å²) in [6.45, 7) is 1.93. The number of benzene rings is 1. The molecule has 0 bridgehead atoms. The van der Waals surface area contributed by atoms with Gasteiger partial charge >= 0.3 is 0 Å². The maximum atomic E-state index is 13.6. The lowest BCUT2D eigenvalue weighted by Crippen LogP contribution is -2.15. The standard InChI is InChI=1S/C12H12ClFN2S/c1-7-16-9(6-17-7)5-12(15)10-4-8(13)2-3-11(10)14/h2-4,6,12H,5,15H2,1H3. The fourth-order valence-corrected chi connectivity index (χ4v) is 2.44. The minimum atomic E-state index is -0.421. The van der Waals surface area contributed by atoms with E-state index in [-0.39, 0.29) is 5.82 Å². The molecule has 0 spiro atoms. The van der Waals surface area contributed by atoms with Gasteiger partial charge in [0, 0.05) is 28.4 Å². The van der Waals surface area contributed by atoms with E-state index in [2.05, 4.69) is 4.98 Å². The molecule has 0 aliphatic heterocycles. The number of hydrogen-bond acceptors (Lipinski definition) is 3. The maximum Gasteiger partial charge on any atom is 0.128 e. The predicted octanol–water partition coefficient (Wildman–Crippen LogP) is 3.49. The number of nitrogens with two attached hydrogens (primary N) is 1. The second kappa shape index (κ2) is 5.12. The van der Waals surface area contributed by atoms with Gasteiger partial charge < -0.3 is 5.73 Å². The summed E-state index contributed by atoms with van der Waals surface area (Å²) < 4.78 is 13.6. The third kappa shape index (κ3) is 3.03. The molecule has 2 nitrogen and oxygen atoms in total. The van der Waals surface area contributed by atoms with Gasteiger partial charge in [-0.05, 0) is 25.1 Å². The first kappa shape index (κ1) is 12.5. The van der Waals surface area contributed by atoms with Crippen LogP contribution in [0.15, 0.2) is 23.6 Å². The van der Waals surface area contributed by atoms with E-state index in [1.54, 1.807) is 17.4 Å². The van der Waals surface area contributed by atoms with Crippen molar-refractivity contribution in [3.05, 3.63) is 50.7 Å². The third-order valence-corrected chi connectivity index (χ3v) is 3.51. The molecular formula is C12H12ClFN2S. The van der Waals surface area contributed by atoms with Gasteiger partial charge in [-0.15, -0.1) is 11.3 Å². The van der Waals surface area contributed by atoms with Crippen molar-refractivity contribution in [1.29, 1.82) is 0 Å². The van der Waals surface area contributed by atoms with Crippen molar-refractivity contribution < 1.29 is 4.39 Å². The van der Waals surface area contributed by atoms with Gasteiger partial charge in [-0.25, -0.2) is 9.37 Å². The Morgan fingerprint density at radius 3 is 2.94 bits per heavy atom. The zero-order valence-corrected chi connectivity index (χ0v) is 10.9. The van der Waals surface area contributed by atoms with Crippen LogP contribution in [0.1, 0.15) is 22.3 Å². The smallest absolute Gasteiger partial charge is 0.128 e. The molecule has 0 saturated heterocycles. The molecule has 17 heavy (non-hydrogen) atoms. The Morgan fingerprint density at radius 1 is 1.53 bits per heavy atom. The highest BCUT2D eigenvalue weighted by Crippen LogP contribution is 2.23. The molecule has 0 saturated carbocycles. The molecular weight excluding hydrogens is 259 g/mol. The molecule has 2 aromatic rings. The van der Waals surface area contributed by atoms with Gasteiger partial charge in [0.1, 0.15) is 5.82 Å². The summed E-state index contributed by atoms with van der Waals surface area (Å²) in [7, 11) is 0. The zero-order valence-electron chi connectivity index (χ0n) is 9.28.